The molecule has 4 nitrogen and oxygen atoms in total. The molecule has 26 heavy (non-hydrogen) atoms. The van der Waals surface area contributed by atoms with Crippen molar-refractivity contribution in [2.75, 3.05) is 5.32 Å². The first kappa shape index (κ1) is 17.6. The van der Waals surface area contributed by atoms with E-state index in [4.69, 9.17) is 0 Å². The van der Waals surface area contributed by atoms with E-state index in [2.05, 4.69) is 29.4 Å². The van der Waals surface area contributed by atoms with Crippen molar-refractivity contribution in [1.82, 2.24) is 4.98 Å². The molecule has 128 valence electrons. The zero-order valence-electron chi connectivity index (χ0n) is 14.3. The molecule has 0 aliphatic rings. The zero-order chi connectivity index (χ0) is 18.4. The molecule has 0 saturated carbocycles. The predicted octanol–water partition coefficient (Wildman–Crippen LogP) is 4.92. The number of aryl methyl sites for hydroxylation is 1. The molecule has 2 aromatic carbocycles. The van der Waals surface area contributed by atoms with E-state index in [9.17, 15) is 10.1 Å². The van der Waals surface area contributed by atoms with E-state index in [1.54, 1.807) is 6.08 Å². The number of anilines is 1. The lowest BCUT2D eigenvalue weighted by atomic mass is 10.1. The van der Waals surface area contributed by atoms with Gasteiger partial charge in [-0.3, -0.25) is 10.1 Å². The van der Waals surface area contributed by atoms with Gasteiger partial charge in [0.1, 0.15) is 11.6 Å². The maximum absolute atomic E-state index is 12.3. The number of nitrogens with zero attached hydrogens (tertiary/aromatic N) is 2. The number of benzene rings is 2. The number of hydrogen-bond acceptors (Lipinski definition) is 4. The zero-order valence-corrected chi connectivity index (χ0v) is 15.1. The molecule has 1 N–H and O–H groups in total. The summed E-state index contributed by atoms with van der Waals surface area (Å²) in [6.45, 7) is 2.11. The second kappa shape index (κ2) is 8.24. The Morgan fingerprint density at radius 1 is 1.19 bits per heavy atom. The maximum atomic E-state index is 12.3. The molecule has 3 rings (SSSR count). The Morgan fingerprint density at radius 3 is 2.58 bits per heavy atom. The van der Waals surface area contributed by atoms with Crippen LogP contribution in [0.5, 0.6) is 0 Å². The largest absolute Gasteiger partial charge is 0.297 e. The molecule has 0 saturated heterocycles. The first-order valence-corrected chi connectivity index (χ1v) is 9.10. The molecule has 0 fully saturated rings. The van der Waals surface area contributed by atoms with Gasteiger partial charge >= 0.3 is 0 Å². The van der Waals surface area contributed by atoms with E-state index in [0.717, 1.165) is 23.2 Å². The molecule has 0 spiro atoms. The first-order valence-electron chi connectivity index (χ1n) is 8.22. The fourth-order valence-electron chi connectivity index (χ4n) is 2.40. The van der Waals surface area contributed by atoms with Crippen molar-refractivity contribution >= 4 is 28.5 Å². The molecule has 1 aromatic heterocycles. The van der Waals surface area contributed by atoms with Crippen molar-refractivity contribution in [3.8, 4) is 17.3 Å². The van der Waals surface area contributed by atoms with Gasteiger partial charge in [-0.2, -0.15) is 5.26 Å². The van der Waals surface area contributed by atoms with Gasteiger partial charge in [-0.1, -0.05) is 61.5 Å². The topological polar surface area (TPSA) is 65.8 Å². The number of hydrogen-bond donors (Lipinski definition) is 1. The van der Waals surface area contributed by atoms with E-state index in [1.165, 1.54) is 16.9 Å². The van der Waals surface area contributed by atoms with Crippen LogP contribution >= 0.6 is 11.3 Å². The molecule has 1 amide bonds. The summed E-state index contributed by atoms with van der Waals surface area (Å²) in [6.07, 6.45) is 2.55. The quantitative estimate of drug-likeness (QED) is 0.519. The summed E-state index contributed by atoms with van der Waals surface area (Å²) in [5.74, 6) is -0.460. The fourth-order valence-corrected chi connectivity index (χ4v) is 3.12. The van der Waals surface area contributed by atoms with Crippen LogP contribution in [0, 0.1) is 11.3 Å². The summed E-state index contributed by atoms with van der Waals surface area (Å²) >= 11 is 1.34. The van der Waals surface area contributed by atoms with Crippen LogP contribution in [0.2, 0.25) is 0 Å². The van der Waals surface area contributed by atoms with Crippen LogP contribution in [-0.2, 0) is 11.2 Å². The lowest BCUT2D eigenvalue weighted by Crippen LogP contribution is -2.13. The van der Waals surface area contributed by atoms with Crippen LogP contribution in [0.15, 0.2) is 65.6 Å². The molecule has 0 aliphatic heterocycles. The van der Waals surface area contributed by atoms with Crippen molar-refractivity contribution in [1.29, 1.82) is 5.26 Å². The second-order valence-electron chi connectivity index (χ2n) is 5.62. The highest BCUT2D eigenvalue weighted by molar-refractivity contribution is 7.14. The normalized spacial score (nSPS) is 11.0. The van der Waals surface area contributed by atoms with Gasteiger partial charge in [-0.05, 0) is 23.6 Å². The maximum Gasteiger partial charge on any atom is 0.268 e. The molecule has 1 heterocycles. The number of nitriles is 1. The fraction of sp³-hybridized carbons (Fsp3) is 0.0952. The summed E-state index contributed by atoms with van der Waals surface area (Å²) in [5, 5.41) is 14.3. The third-order valence-corrected chi connectivity index (χ3v) is 4.62. The van der Waals surface area contributed by atoms with Crippen LogP contribution in [0.3, 0.4) is 0 Å². The Kier molecular flexibility index (Phi) is 5.57. The molecule has 0 bridgehead atoms. The molecule has 0 aliphatic carbocycles. The Bertz CT molecular complexity index is 966. The lowest BCUT2D eigenvalue weighted by molar-refractivity contribution is -0.112. The highest BCUT2D eigenvalue weighted by Crippen LogP contribution is 2.25. The van der Waals surface area contributed by atoms with Crippen molar-refractivity contribution in [3.63, 3.8) is 0 Å². The molecular weight excluding hydrogens is 342 g/mol. The minimum Gasteiger partial charge on any atom is -0.297 e. The highest BCUT2D eigenvalue weighted by Gasteiger charge is 2.12. The molecule has 0 atom stereocenters. The van der Waals surface area contributed by atoms with Gasteiger partial charge in [0, 0.05) is 10.9 Å². The standard InChI is InChI=1S/C21H17N3OS/c1-2-15-8-10-17(11-9-15)19-14-26-21(23-19)24-20(25)18(13-22)12-16-6-4-3-5-7-16/h3-12,14H,2H2,1H3,(H,23,24,25)/b18-12+. The number of amides is 1. The average Bonchev–Trinajstić information content (AvgIpc) is 3.15. The Balaban J connectivity index is 1.74. The number of carbonyl (C=O) groups is 1. The van der Waals surface area contributed by atoms with Gasteiger partial charge in [-0.15, -0.1) is 11.3 Å². The summed E-state index contributed by atoms with van der Waals surface area (Å²) in [5.41, 5.74) is 3.91. The summed E-state index contributed by atoms with van der Waals surface area (Å²) < 4.78 is 0. The van der Waals surface area contributed by atoms with E-state index >= 15 is 0 Å². The third kappa shape index (κ3) is 4.24. The van der Waals surface area contributed by atoms with Crippen LogP contribution in [0.1, 0.15) is 18.1 Å². The molecule has 0 unspecified atom stereocenters. The first-order chi connectivity index (χ1) is 12.7. The minimum absolute atomic E-state index is 0.0419. The third-order valence-electron chi connectivity index (χ3n) is 3.86. The van der Waals surface area contributed by atoms with Crippen LogP contribution < -0.4 is 5.32 Å². The summed E-state index contributed by atoms with van der Waals surface area (Å²) in [4.78, 5) is 16.8. The van der Waals surface area contributed by atoms with Crippen molar-refractivity contribution in [2.24, 2.45) is 0 Å². The van der Waals surface area contributed by atoms with Crippen molar-refractivity contribution < 1.29 is 4.79 Å². The van der Waals surface area contributed by atoms with Gasteiger partial charge in [0.05, 0.1) is 5.69 Å². The van der Waals surface area contributed by atoms with Crippen molar-refractivity contribution in [2.45, 2.75) is 13.3 Å². The monoisotopic (exact) mass is 359 g/mol. The molecule has 5 heteroatoms. The van der Waals surface area contributed by atoms with Gasteiger partial charge in [0.25, 0.3) is 5.91 Å². The second-order valence-corrected chi connectivity index (χ2v) is 6.48. The number of aromatic nitrogens is 1. The average molecular weight is 359 g/mol. The molecule has 0 radical (unpaired) electrons. The van der Waals surface area contributed by atoms with E-state index in [0.29, 0.717) is 5.13 Å². The van der Waals surface area contributed by atoms with Crippen LogP contribution in [0.4, 0.5) is 5.13 Å². The van der Waals surface area contributed by atoms with Crippen LogP contribution in [0.25, 0.3) is 17.3 Å². The van der Waals surface area contributed by atoms with E-state index < -0.39 is 5.91 Å². The summed E-state index contributed by atoms with van der Waals surface area (Å²) in [6, 6.07) is 19.4. The van der Waals surface area contributed by atoms with E-state index in [1.807, 2.05) is 53.9 Å². The summed E-state index contributed by atoms with van der Waals surface area (Å²) in [7, 11) is 0. The molecule has 3 aromatic rings. The lowest BCUT2D eigenvalue weighted by Gasteiger charge is -2.01. The minimum atomic E-state index is -0.460. The molecular formula is C21H17N3OS. The highest BCUT2D eigenvalue weighted by atomic mass is 32.1. The number of rotatable bonds is 5. The Labute approximate surface area is 156 Å². The number of thiazole rings is 1. The van der Waals surface area contributed by atoms with Crippen LogP contribution in [-0.4, -0.2) is 10.9 Å². The predicted molar refractivity (Wildman–Crippen MR) is 106 cm³/mol. The Hall–Kier alpha value is -3.23. The smallest absolute Gasteiger partial charge is 0.268 e. The van der Waals surface area contributed by atoms with Gasteiger partial charge in [0.15, 0.2) is 5.13 Å². The number of carbonyl (C=O) groups excluding carboxylic acids is 1. The van der Waals surface area contributed by atoms with Crippen molar-refractivity contribution in [3.05, 3.63) is 76.7 Å². The number of nitrogens with one attached hydrogen (secondary N) is 1. The Morgan fingerprint density at radius 2 is 1.92 bits per heavy atom. The van der Waals surface area contributed by atoms with E-state index in [-0.39, 0.29) is 5.57 Å². The van der Waals surface area contributed by atoms with Gasteiger partial charge in [-0.25, -0.2) is 4.98 Å². The van der Waals surface area contributed by atoms with Gasteiger partial charge < -0.3 is 0 Å². The van der Waals surface area contributed by atoms with Gasteiger partial charge in [0.2, 0.25) is 0 Å². The SMILES string of the molecule is CCc1ccc(-c2csc(NC(=O)/C(C#N)=C/c3ccccc3)n2)cc1.